The second-order valence-electron chi connectivity index (χ2n) is 11.1. The monoisotopic (exact) mass is 503 g/mol. The Morgan fingerprint density at radius 3 is 2.32 bits per heavy atom. The number of halogens is 3. The van der Waals surface area contributed by atoms with E-state index in [1.165, 1.54) is 18.2 Å². The Hall–Kier alpha value is -1.65. The fourth-order valence-corrected chi connectivity index (χ4v) is 7.58. The quantitative estimate of drug-likeness (QED) is 0.623. The molecular formula is C24H36F3N3O3S. The van der Waals surface area contributed by atoms with Crippen molar-refractivity contribution in [2.45, 2.75) is 53.1 Å². The maximum absolute atomic E-state index is 13.2. The second kappa shape index (κ2) is 9.78. The molecule has 2 aliphatic rings. The van der Waals surface area contributed by atoms with Crippen molar-refractivity contribution in [2.75, 3.05) is 43.8 Å². The molecule has 1 aromatic carbocycles. The summed E-state index contributed by atoms with van der Waals surface area (Å²) in [6.07, 6.45) is -2.14. The molecule has 2 heterocycles. The molecule has 6 nitrogen and oxygen atoms in total. The molecule has 0 aromatic heterocycles. The highest BCUT2D eigenvalue weighted by Crippen LogP contribution is 2.47. The standard InChI is InChI=1S/C24H36F3N3O3S/c1-18(2)14-34(32,33)30-16-22(3,4)15-23(17-30)9-11-29(12-10-23)13-21(31)28-20-8-6-5-7-19(20)24(25,26)27/h5-8,18H,9-17H2,1-4H3,(H,28,31). The summed E-state index contributed by atoms with van der Waals surface area (Å²) < 4.78 is 67.2. The van der Waals surface area contributed by atoms with Gasteiger partial charge in [-0.3, -0.25) is 9.69 Å². The largest absolute Gasteiger partial charge is 0.418 e. The van der Waals surface area contributed by atoms with Crippen molar-refractivity contribution in [3.63, 3.8) is 0 Å². The van der Waals surface area contributed by atoms with E-state index in [2.05, 4.69) is 19.2 Å². The Bertz CT molecular complexity index is 985. The summed E-state index contributed by atoms with van der Waals surface area (Å²) >= 11 is 0. The molecule has 0 radical (unpaired) electrons. The van der Waals surface area contributed by atoms with Crippen LogP contribution in [-0.2, 0) is 21.0 Å². The van der Waals surface area contributed by atoms with E-state index in [9.17, 15) is 26.4 Å². The van der Waals surface area contributed by atoms with E-state index in [4.69, 9.17) is 0 Å². The number of para-hydroxylation sites is 1. The second-order valence-corrected chi connectivity index (χ2v) is 13.2. The summed E-state index contributed by atoms with van der Waals surface area (Å²) in [6, 6.07) is 4.95. The van der Waals surface area contributed by atoms with Crippen LogP contribution in [-0.4, -0.2) is 62.0 Å². The molecule has 1 spiro atoms. The molecule has 1 N–H and O–H groups in total. The molecular weight excluding hydrogens is 467 g/mol. The van der Waals surface area contributed by atoms with Crippen LogP contribution in [0.25, 0.3) is 0 Å². The van der Waals surface area contributed by atoms with E-state index in [-0.39, 0.29) is 34.7 Å². The summed E-state index contributed by atoms with van der Waals surface area (Å²) in [4.78, 5) is 14.4. The predicted molar refractivity (Wildman–Crippen MR) is 127 cm³/mol. The van der Waals surface area contributed by atoms with Gasteiger partial charge in [-0.05, 0) is 61.2 Å². The van der Waals surface area contributed by atoms with Gasteiger partial charge in [-0.25, -0.2) is 12.7 Å². The van der Waals surface area contributed by atoms with Crippen molar-refractivity contribution in [2.24, 2.45) is 16.7 Å². The molecule has 0 saturated carbocycles. The molecule has 10 heteroatoms. The van der Waals surface area contributed by atoms with Gasteiger partial charge in [0.1, 0.15) is 0 Å². The lowest BCUT2D eigenvalue weighted by molar-refractivity contribution is -0.137. The number of amides is 1. The molecule has 1 amide bonds. The van der Waals surface area contributed by atoms with Gasteiger partial charge in [0.15, 0.2) is 0 Å². The van der Waals surface area contributed by atoms with Crippen LogP contribution in [0.4, 0.5) is 18.9 Å². The highest BCUT2D eigenvalue weighted by molar-refractivity contribution is 7.89. The van der Waals surface area contributed by atoms with Crippen molar-refractivity contribution in [1.82, 2.24) is 9.21 Å². The third kappa shape index (κ3) is 6.73. The Kier molecular flexibility index (Phi) is 7.75. The molecule has 3 rings (SSSR count). The lowest BCUT2D eigenvalue weighted by Crippen LogP contribution is -2.57. The highest BCUT2D eigenvalue weighted by atomic mass is 32.2. The average molecular weight is 504 g/mol. The van der Waals surface area contributed by atoms with E-state index < -0.39 is 27.7 Å². The van der Waals surface area contributed by atoms with Gasteiger partial charge >= 0.3 is 6.18 Å². The lowest BCUT2D eigenvalue weighted by Gasteiger charge is -2.52. The zero-order valence-corrected chi connectivity index (χ0v) is 21.2. The molecule has 0 atom stereocenters. The molecule has 2 aliphatic heterocycles. The average Bonchev–Trinajstić information content (AvgIpc) is 2.67. The van der Waals surface area contributed by atoms with Crippen LogP contribution in [0.15, 0.2) is 24.3 Å². The molecule has 1 aromatic rings. The van der Waals surface area contributed by atoms with Gasteiger partial charge in [0.2, 0.25) is 15.9 Å². The molecule has 192 valence electrons. The number of hydrogen-bond donors (Lipinski definition) is 1. The Morgan fingerprint density at radius 2 is 1.74 bits per heavy atom. The van der Waals surface area contributed by atoms with Gasteiger partial charge in [0.25, 0.3) is 0 Å². The first-order valence-corrected chi connectivity index (χ1v) is 13.4. The minimum Gasteiger partial charge on any atom is -0.324 e. The summed E-state index contributed by atoms with van der Waals surface area (Å²) in [7, 11) is -3.35. The minimum absolute atomic E-state index is 0.00102. The van der Waals surface area contributed by atoms with Crippen molar-refractivity contribution >= 4 is 21.6 Å². The van der Waals surface area contributed by atoms with Crippen molar-refractivity contribution in [3.05, 3.63) is 29.8 Å². The maximum Gasteiger partial charge on any atom is 0.418 e. The number of benzene rings is 1. The molecule has 2 saturated heterocycles. The molecule has 0 aliphatic carbocycles. The predicted octanol–water partition coefficient (Wildman–Crippen LogP) is 4.44. The van der Waals surface area contributed by atoms with Crippen LogP contribution >= 0.6 is 0 Å². The van der Waals surface area contributed by atoms with Crippen molar-refractivity contribution < 1.29 is 26.4 Å². The van der Waals surface area contributed by atoms with Crippen molar-refractivity contribution in [1.29, 1.82) is 0 Å². The van der Waals surface area contributed by atoms with E-state index in [0.29, 0.717) is 26.2 Å². The number of carbonyl (C=O) groups is 1. The van der Waals surface area contributed by atoms with Gasteiger partial charge in [-0.2, -0.15) is 13.2 Å². The number of sulfonamides is 1. The maximum atomic E-state index is 13.2. The number of likely N-dealkylation sites (tertiary alicyclic amines) is 1. The smallest absolute Gasteiger partial charge is 0.324 e. The molecule has 34 heavy (non-hydrogen) atoms. The fourth-order valence-electron chi connectivity index (χ4n) is 5.51. The summed E-state index contributed by atoms with van der Waals surface area (Å²) in [5, 5.41) is 2.41. The number of rotatable bonds is 6. The number of piperidine rings is 2. The number of hydrogen-bond acceptors (Lipinski definition) is 4. The van der Waals surface area contributed by atoms with Crippen molar-refractivity contribution in [3.8, 4) is 0 Å². The van der Waals surface area contributed by atoms with Gasteiger partial charge in [0, 0.05) is 13.1 Å². The summed E-state index contributed by atoms with van der Waals surface area (Å²) in [5.41, 5.74) is -1.41. The topological polar surface area (TPSA) is 69.7 Å². The number of alkyl halides is 3. The third-order valence-electron chi connectivity index (χ3n) is 6.70. The fraction of sp³-hybridized carbons (Fsp3) is 0.708. The van der Waals surface area contributed by atoms with E-state index >= 15 is 0 Å². The van der Waals surface area contributed by atoms with Crippen LogP contribution in [0.2, 0.25) is 0 Å². The zero-order chi connectivity index (χ0) is 25.4. The first-order chi connectivity index (χ1) is 15.6. The number of anilines is 1. The lowest BCUT2D eigenvalue weighted by atomic mass is 9.65. The Balaban J connectivity index is 1.63. The summed E-state index contributed by atoms with van der Waals surface area (Å²) in [6.45, 7) is 10.2. The molecule has 0 unspecified atom stereocenters. The SMILES string of the molecule is CC(C)CS(=O)(=O)N1CC(C)(C)CC2(CCN(CC(=O)Nc3ccccc3C(F)(F)F)CC2)C1. The number of carbonyl (C=O) groups excluding carboxylic acids is 1. The first-order valence-electron chi connectivity index (χ1n) is 11.8. The molecule has 0 bridgehead atoms. The van der Waals surface area contributed by atoms with Crippen LogP contribution in [0.1, 0.15) is 52.5 Å². The Morgan fingerprint density at radius 1 is 1.12 bits per heavy atom. The van der Waals surface area contributed by atoms with Crippen LogP contribution < -0.4 is 5.32 Å². The van der Waals surface area contributed by atoms with Gasteiger partial charge in [-0.15, -0.1) is 0 Å². The minimum atomic E-state index is -4.54. The Labute approximate surface area is 200 Å². The van der Waals surface area contributed by atoms with Crippen LogP contribution in [0.5, 0.6) is 0 Å². The highest BCUT2D eigenvalue weighted by Gasteiger charge is 2.47. The zero-order valence-electron chi connectivity index (χ0n) is 20.4. The van der Waals surface area contributed by atoms with E-state index in [1.807, 2.05) is 18.7 Å². The third-order valence-corrected chi connectivity index (χ3v) is 8.83. The normalized spacial score (nSPS) is 21.6. The van der Waals surface area contributed by atoms with Gasteiger partial charge in [0.05, 0.1) is 23.5 Å². The molecule has 2 fully saturated rings. The van der Waals surface area contributed by atoms with Gasteiger partial charge in [-0.1, -0.05) is 39.8 Å². The summed E-state index contributed by atoms with van der Waals surface area (Å²) in [5.74, 6) is -0.309. The van der Waals surface area contributed by atoms with Gasteiger partial charge < -0.3 is 5.32 Å². The van der Waals surface area contributed by atoms with E-state index in [0.717, 1.165) is 25.3 Å². The van der Waals surface area contributed by atoms with Crippen LogP contribution in [0, 0.1) is 16.7 Å². The van der Waals surface area contributed by atoms with E-state index in [1.54, 1.807) is 4.31 Å². The first kappa shape index (κ1) is 26.9. The van der Waals surface area contributed by atoms with Crippen LogP contribution in [0.3, 0.4) is 0 Å². The number of nitrogens with zero attached hydrogens (tertiary/aromatic N) is 2. The number of nitrogens with one attached hydrogen (secondary N) is 1.